The molecule has 1 saturated heterocycles. The van der Waals surface area contributed by atoms with Crippen LogP contribution in [0.15, 0.2) is 76.1 Å². The first-order chi connectivity index (χ1) is 17.6. The summed E-state index contributed by atoms with van der Waals surface area (Å²) in [5.74, 6) is -0.295. The second-order valence-corrected chi connectivity index (χ2v) is 12.0. The van der Waals surface area contributed by atoms with E-state index in [0.29, 0.717) is 36.2 Å². The van der Waals surface area contributed by atoms with Crippen molar-refractivity contribution in [3.05, 3.63) is 92.9 Å². The Balaban J connectivity index is 1.37. The van der Waals surface area contributed by atoms with E-state index in [1.165, 1.54) is 18.2 Å². The minimum atomic E-state index is -3.96. The average molecular weight is 605 g/mol. The maximum absolute atomic E-state index is 13.0. The molecule has 0 spiro atoms. The van der Waals surface area contributed by atoms with E-state index < -0.39 is 15.9 Å². The Morgan fingerprint density at radius 2 is 1.84 bits per heavy atom. The number of halogens is 2. The number of aryl methyl sites for hydroxylation is 1. The first-order valence-electron chi connectivity index (χ1n) is 11.8. The van der Waals surface area contributed by atoms with Crippen molar-refractivity contribution in [1.82, 2.24) is 10.2 Å². The van der Waals surface area contributed by atoms with Gasteiger partial charge in [0.15, 0.2) is 0 Å². The third-order valence-corrected chi connectivity index (χ3v) is 8.63. The molecule has 1 atom stereocenters. The molecule has 1 heterocycles. The molecule has 194 valence electrons. The number of benzene rings is 3. The molecule has 3 aromatic rings. The standard InChI is InChI=1S/C27H27BrClN3O4S/c1-18-7-9-23(28)25(13-18)31-37(35,36)21-8-10-24(29)22(15-21)27(34)30-16-20-11-12-32(17-20)26(33)14-19-5-3-2-4-6-19/h2-10,13,15,20,31H,11-12,14,16-17H2,1H3,(H,30,34). The molecule has 1 aliphatic heterocycles. The van der Waals surface area contributed by atoms with Gasteiger partial charge in [-0.1, -0.05) is 48.0 Å². The minimum Gasteiger partial charge on any atom is -0.352 e. The molecule has 1 fully saturated rings. The van der Waals surface area contributed by atoms with Gasteiger partial charge in [0.25, 0.3) is 15.9 Å². The van der Waals surface area contributed by atoms with Gasteiger partial charge < -0.3 is 10.2 Å². The highest BCUT2D eigenvalue weighted by atomic mass is 79.9. The van der Waals surface area contributed by atoms with Gasteiger partial charge >= 0.3 is 0 Å². The number of hydrogen-bond donors (Lipinski definition) is 2. The van der Waals surface area contributed by atoms with Crippen LogP contribution in [0.1, 0.15) is 27.9 Å². The number of hydrogen-bond acceptors (Lipinski definition) is 4. The molecule has 0 bridgehead atoms. The summed E-state index contributed by atoms with van der Waals surface area (Å²) in [4.78, 5) is 27.3. The SMILES string of the molecule is Cc1ccc(Br)c(NS(=O)(=O)c2ccc(Cl)c(C(=O)NCC3CCN(C(=O)Cc4ccccc4)C3)c2)c1. The fourth-order valence-corrected chi connectivity index (χ4v) is 5.98. The summed E-state index contributed by atoms with van der Waals surface area (Å²) in [5, 5.41) is 3.00. The zero-order valence-corrected chi connectivity index (χ0v) is 23.4. The zero-order valence-electron chi connectivity index (χ0n) is 20.2. The molecular weight excluding hydrogens is 578 g/mol. The number of sulfonamides is 1. The Bertz CT molecular complexity index is 1420. The smallest absolute Gasteiger partial charge is 0.261 e. The monoisotopic (exact) mass is 603 g/mol. The van der Waals surface area contributed by atoms with Crippen LogP contribution in [-0.2, 0) is 21.2 Å². The topological polar surface area (TPSA) is 95.6 Å². The molecule has 10 heteroatoms. The fraction of sp³-hybridized carbons (Fsp3) is 0.259. The van der Waals surface area contributed by atoms with Crippen molar-refractivity contribution < 1.29 is 18.0 Å². The highest BCUT2D eigenvalue weighted by molar-refractivity contribution is 9.10. The van der Waals surface area contributed by atoms with Gasteiger partial charge in [0.1, 0.15) is 0 Å². The van der Waals surface area contributed by atoms with E-state index in [0.717, 1.165) is 17.5 Å². The first-order valence-corrected chi connectivity index (χ1v) is 14.5. The maximum Gasteiger partial charge on any atom is 0.261 e. The van der Waals surface area contributed by atoms with E-state index in [1.807, 2.05) is 48.2 Å². The summed E-state index contributed by atoms with van der Waals surface area (Å²) >= 11 is 9.60. The molecule has 7 nitrogen and oxygen atoms in total. The third-order valence-electron chi connectivity index (χ3n) is 6.25. The van der Waals surface area contributed by atoms with Crippen LogP contribution in [0.2, 0.25) is 5.02 Å². The van der Waals surface area contributed by atoms with Gasteiger partial charge in [-0.25, -0.2) is 8.42 Å². The van der Waals surface area contributed by atoms with Crippen molar-refractivity contribution >= 4 is 55.1 Å². The number of amides is 2. The Kier molecular flexibility index (Phi) is 8.56. The van der Waals surface area contributed by atoms with Crippen molar-refractivity contribution in [2.24, 2.45) is 5.92 Å². The molecule has 1 unspecified atom stereocenters. The molecule has 1 aliphatic rings. The predicted octanol–water partition coefficient (Wildman–Crippen LogP) is 5.03. The number of anilines is 1. The lowest BCUT2D eigenvalue weighted by molar-refractivity contribution is -0.129. The van der Waals surface area contributed by atoms with Gasteiger partial charge in [-0.15, -0.1) is 0 Å². The normalized spacial score (nSPS) is 15.4. The van der Waals surface area contributed by atoms with Crippen LogP contribution >= 0.6 is 27.5 Å². The zero-order chi connectivity index (χ0) is 26.6. The summed E-state index contributed by atoms with van der Waals surface area (Å²) in [7, 11) is -3.96. The van der Waals surface area contributed by atoms with Gasteiger partial charge in [0.2, 0.25) is 5.91 Å². The molecule has 4 rings (SSSR count). The van der Waals surface area contributed by atoms with Gasteiger partial charge in [-0.2, -0.15) is 0 Å². The Labute approximate surface area is 230 Å². The van der Waals surface area contributed by atoms with E-state index in [1.54, 1.807) is 12.1 Å². The minimum absolute atomic E-state index is 0.0636. The number of likely N-dealkylation sites (tertiary alicyclic amines) is 1. The molecule has 37 heavy (non-hydrogen) atoms. The number of nitrogens with one attached hydrogen (secondary N) is 2. The van der Waals surface area contributed by atoms with Crippen LogP contribution in [0.25, 0.3) is 0 Å². The van der Waals surface area contributed by atoms with Gasteiger partial charge in [0.05, 0.1) is 27.6 Å². The highest BCUT2D eigenvalue weighted by Crippen LogP contribution is 2.28. The lowest BCUT2D eigenvalue weighted by Gasteiger charge is -2.17. The van der Waals surface area contributed by atoms with E-state index in [4.69, 9.17) is 11.6 Å². The van der Waals surface area contributed by atoms with Crippen molar-refractivity contribution in [1.29, 1.82) is 0 Å². The van der Waals surface area contributed by atoms with Crippen molar-refractivity contribution in [2.45, 2.75) is 24.7 Å². The Morgan fingerprint density at radius 3 is 2.59 bits per heavy atom. The molecule has 0 saturated carbocycles. The van der Waals surface area contributed by atoms with Crippen LogP contribution in [0.4, 0.5) is 5.69 Å². The van der Waals surface area contributed by atoms with E-state index in [-0.39, 0.29) is 27.3 Å². The summed E-state index contributed by atoms with van der Waals surface area (Å²) < 4.78 is 29.2. The van der Waals surface area contributed by atoms with E-state index in [9.17, 15) is 18.0 Å². The van der Waals surface area contributed by atoms with Crippen LogP contribution in [0.3, 0.4) is 0 Å². The van der Waals surface area contributed by atoms with Crippen LogP contribution in [-0.4, -0.2) is 44.8 Å². The third kappa shape index (κ3) is 6.91. The highest BCUT2D eigenvalue weighted by Gasteiger charge is 2.27. The first kappa shape index (κ1) is 27.2. The number of nitrogens with zero attached hydrogens (tertiary/aromatic N) is 1. The maximum atomic E-state index is 13.0. The quantitative estimate of drug-likeness (QED) is 0.377. The summed E-state index contributed by atoms with van der Waals surface area (Å²) in [6, 6.07) is 18.9. The molecule has 3 aromatic carbocycles. The summed E-state index contributed by atoms with van der Waals surface area (Å²) in [6.07, 6.45) is 1.13. The Morgan fingerprint density at radius 1 is 1.08 bits per heavy atom. The molecule has 0 aliphatic carbocycles. The van der Waals surface area contributed by atoms with Gasteiger partial charge in [-0.05, 0) is 76.7 Å². The van der Waals surface area contributed by atoms with Crippen molar-refractivity contribution in [3.63, 3.8) is 0 Å². The number of rotatable bonds is 8. The fourth-order valence-electron chi connectivity index (χ4n) is 4.21. The molecule has 0 radical (unpaired) electrons. The lowest BCUT2D eigenvalue weighted by atomic mass is 10.1. The molecule has 2 N–H and O–H groups in total. The van der Waals surface area contributed by atoms with Crippen molar-refractivity contribution in [3.8, 4) is 0 Å². The second-order valence-electron chi connectivity index (χ2n) is 9.10. The van der Waals surface area contributed by atoms with E-state index >= 15 is 0 Å². The van der Waals surface area contributed by atoms with Gasteiger partial charge in [-0.3, -0.25) is 14.3 Å². The summed E-state index contributed by atoms with van der Waals surface area (Å²) in [5.41, 5.74) is 2.33. The Hall–Kier alpha value is -2.88. The number of carbonyl (C=O) groups is 2. The predicted molar refractivity (Wildman–Crippen MR) is 148 cm³/mol. The van der Waals surface area contributed by atoms with Gasteiger partial charge in [0, 0.05) is 24.1 Å². The van der Waals surface area contributed by atoms with Crippen molar-refractivity contribution in [2.75, 3.05) is 24.4 Å². The van der Waals surface area contributed by atoms with Crippen LogP contribution in [0, 0.1) is 12.8 Å². The molecule has 2 amide bonds. The summed E-state index contributed by atoms with van der Waals surface area (Å²) in [6.45, 7) is 3.41. The van der Waals surface area contributed by atoms with Crippen LogP contribution in [0.5, 0.6) is 0 Å². The average Bonchev–Trinajstić information content (AvgIpc) is 3.35. The lowest BCUT2D eigenvalue weighted by Crippen LogP contribution is -2.33. The van der Waals surface area contributed by atoms with Crippen LogP contribution < -0.4 is 10.0 Å². The second kappa shape index (κ2) is 11.7. The number of carbonyl (C=O) groups excluding carboxylic acids is 2. The molecule has 0 aromatic heterocycles. The molecular formula is C27H27BrClN3O4S. The largest absolute Gasteiger partial charge is 0.352 e. The van der Waals surface area contributed by atoms with E-state index in [2.05, 4.69) is 26.0 Å².